The normalized spacial score (nSPS) is 12.2. The van der Waals surface area contributed by atoms with E-state index in [1.54, 1.807) is 0 Å². The molecule has 1 aromatic carbocycles. The molecule has 2 rings (SSSR count). The number of anilines is 2. The number of aryl methyl sites for hydroxylation is 1. The Labute approximate surface area is 115 Å². The van der Waals surface area contributed by atoms with Crippen LogP contribution in [0.25, 0.3) is 0 Å². The van der Waals surface area contributed by atoms with Crippen molar-refractivity contribution in [3.05, 3.63) is 53.7 Å². The third kappa shape index (κ3) is 2.93. The molecule has 0 saturated carbocycles. The van der Waals surface area contributed by atoms with Crippen molar-refractivity contribution in [3.8, 4) is 0 Å². The lowest BCUT2D eigenvalue weighted by Crippen LogP contribution is -2.21. The van der Waals surface area contributed by atoms with Crippen LogP contribution in [-0.2, 0) is 0 Å². The fourth-order valence-electron chi connectivity index (χ4n) is 2.17. The Kier molecular flexibility index (Phi) is 4.17. The van der Waals surface area contributed by atoms with Gasteiger partial charge in [0.15, 0.2) is 0 Å². The molecule has 3 nitrogen and oxygen atoms in total. The first-order valence-electron chi connectivity index (χ1n) is 6.68. The van der Waals surface area contributed by atoms with E-state index in [2.05, 4.69) is 48.0 Å². The number of hydrogen-bond acceptors (Lipinski definition) is 3. The topological polar surface area (TPSA) is 42.2 Å². The highest BCUT2D eigenvalue weighted by Crippen LogP contribution is 2.29. The summed E-state index contributed by atoms with van der Waals surface area (Å²) in [5, 5.41) is 0. The van der Waals surface area contributed by atoms with Crippen LogP contribution in [0.1, 0.15) is 31.0 Å². The lowest BCUT2D eigenvalue weighted by atomic mass is 10.1. The van der Waals surface area contributed by atoms with Crippen LogP contribution < -0.4 is 10.6 Å². The van der Waals surface area contributed by atoms with Gasteiger partial charge in [-0.3, -0.25) is 0 Å². The molecule has 1 atom stereocenters. The standard InChI is InChI=1S/C16H21N3/c1-4-19(14-9-7-12(2)8-10-14)16-15(13(3)17)6-5-11-18-16/h5-11,13H,4,17H2,1-3H3/t13-/m0/s1. The van der Waals surface area contributed by atoms with Crippen LogP contribution in [0.3, 0.4) is 0 Å². The summed E-state index contributed by atoms with van der Waals surface area (Å²) >= 11 is 0. The van der Waals surface area contributed by atoms with E-state index >= 15 is 0 Å². The van der Waals surface area contributed by atoms with Gasteiger partial charge in [0, 0.05) is 30.0 Å². The first kappa shape index (κ1) is 13.6. The van der Waals surface area contributed by atoms with Crippen molar-refractivity contribution in [2.24, 2.45) is 5.73 Å². The average Bonchev–Trinajstić information content (AvgIpc) is 2.42. The van der Waals surface area contributed by atoms with Gasteiger partial charge in [-0.15, -0.1) is 0 Å². The van der Waals surface area contributed by atoms with Crippen molar-refractivity contribution < 1.29 is 0 Å². The van der Waals surface area contributed by atoms with Crippen molar-refractivity contribution in [1.82, 2.24) is 4.98 Å². The summed E-state index contributed by atoms with van der Waals surface area (Å²) in [7, 11) is 0. The maximum atomic E-state index is 6.04. The molecule has 1 heterocycles. The monoisotopic (exact) mass is 255 g/mol. The molecule has 3 heteroatoms. The van der Waals surface area contributed by atoms with E-state index in [-0.39, 0.29) is 6.04 Å². The van der Waals surface area contributed by atoms with Crippen molar-refractivity contribution >= 4 is 11.5 Å². The fourth-order valence-corrected chi connectivity index (χ4v) is 2.17. The summed E-state index contributed by atoms with van der Waals surface area (Å²) in [4.78, 5) is 6.71. The molecule has 2 N–H and O–H groups in total. The summed E-state index contributed by atoms with van der Waals surface area (Å²) in [6.45, 7) is 7.07. The van der Waals surface area contributed by atoms with Gasteiger partial charge in [0.2, 0.25) is 0 Å². The smallest absolute Gasteiger partial charge is 0.137 e. The molecule has 0 bridgehead atoms. The van der Waals surface area contributed by atoms with E-state index in [0.29, 0.717) is 0 Å². The number of rotatable bonds is 4. The molecule has 0 fully saturated rings. The Bertz CT molecular complexity index is 532. The summed E-state index contributed by atoms with van der Waals surface area (Å²) in [5.74, 6) is 0.948. The number of pyridine rings is 1. The number of nitrogens with zero attached hydrogens (tertiary/aromatic N) is 2. The van der Waals surface area contributed by atoms with Gasteiger partial charge in [0.05, 0.1) is 0 Å². The summed E-state index contributed by atoms with van der Waals surface area (Å²) in [5.41, 5.74) is 9.52. The molecule has 0 spiro atoms. The van der Waals surface area contributed by atoms with Gasteiger partial charge in [-0.2, -0.15) is 0 Å². The van der Waals surface area contributed by atoms with Gasteiger partial charge < -0.3 is 10.6 Å². The van der Waals surface area contributed by atoms with Crippen molar-refractivity contribution in [1.29, 1.82) is 0 Å². The third-order valence-electron chi connectivity index (χ3n) is 3.22. The molecule has 100 valence electrons. The van der Waals surface area contributed by atoms with E-state index in [0.717, 1.165) is 23.6 Å². The average molecular weight is 255 g/mol. The molecule has 1 aromatic heterocycles. The van der Waals surface area contributed by atoms with E-state index in [9.17, 15) is 0 Å². The second-order valence-electron chi connectivity index (χ2n) is 4.78. The highest BCUT2D eigenvalue weighted by Gasteiger charge is 2.14. The Hall–Kier alpha value is -1.87. The predicted molar refractivity (Wildman–Crippen MR) is 80.7 cm³/mol. The van der Waals surface area contributed by atoms with Crippen LogP contribution in [-0.4, -0.2) is 11.5 Å². The fraction of sp³-hybridized carbons (Fsp3) is 0.312. The highest BCUT2D eigenvalue weighted by molar-refractivity contribution is 5.63. The molecule has 0 unspecified atom stereocenters. The van der Waals surface area contributed by atoms with E-state index in [1.807, 2.05) is 25.3 Å². The van der Waals surface area contributed by atoms with Gasteiger partial charge in [0.1, 0.15) is 5.82 Å². The van der Waals surface area contributed by atoms with Gasteiger partial charge >= 0.3 is 0 Å². The Morgan fingerprint density at radius 1 is 1.21 bits per heavy atom. The van der Waals surface area contributed by atoms with E-state index in [4.69, 9.17) is 5.73 Å². The summed E-state index contributed by atoms with van der Waals surface area (Å²) in [6, 6.07) is 12.4. The van der Waals surface area contributed by atoms with Gasteiger partial charge in [0.25, 0.3) is 0 Å². The van der Waals surface area contributed by atoms with Crippen LogP contribution in [0.5, 0.6) is 0 Å². The van der Waals surface area contributed by atoms with Gasteiger partial charge in [-0.25, -0.2) is 4.98 Å². The molecular formula is C16H21N3. The number of hydrogen-bond donors (Lipinski definition) is 1. The zero-order valence-corrected chi connectivity index (χ0v) is 11.8. The lowest BCUT2D eigenvalue weighted by molar-refractivity contribution is 0.801. The molecule has 0 amide bonds. The predicted octanol–water partition coefficient (Wildman–Crippen LogP) is 3.57. The van der Waals surface area contributed by atoms with Crippen LogP contribution in [0.15, 0.2) is 42.6 Å². The first-order valence-corrected chi connectivity index (χ1v) is 6.68. The largest absolute Gasteiger partial charge is 0.326 e. The minimum absolute atomic E-state index is 0.0248. The molecule has 0 saturated heterocycles. The first-order chi connectivity index (χ1) is 9.13. The van der Waals surface area contributed by atoms with Crippen LogP contribution in [0.4, 0.5) is 11.5 Å². The van der Waals surface area contributed by atoms with E-state index in [1.165, 1.54) is 5.56 Å². The Balaban J connectivity index is 2.45. The molecule has 19 heavy (non-hydrogen) atoms. The van der Waals surface area contributed by atoms with Gasteiger partial charge in [-0.1, -0.05) is 23.8 Å². The molecular weight excluding hydrogens is 234 g/mol. The quantitative estimate of drug-likeness (QED) is 0.908. The summed E-state index contributed by atoms with van der Waals surface area (Å²) in [6.07, 6.45) is 1.82. The Morgan fingerprint density at radius 3 is 2.47 bits per heavy atom. The van der Waals surface area contributed by atoms with Crippen molar-refractivity contribution in [3.63, 3.8) is 0 Å². The minimum Gasteiger partial charge on any atom is -0.326 e. The summed E-state index contributed by atoms with van der Waals surface area (Å²) < 4.78 is 0. The molecule has 2 aromatic rings. The second kappa shape index (κ2) is 5.85. The second-order valence-corrected chi connectivity index (χ2v) is 4.78. The zero-order valence-electron chi connectivity index (χ0n) is 11.8. The number of aromatic nitrogens is 1. The van der Waals surface area contributed by atoms with Crippen LogP contribution in [0.2, 0.25) is 0 Å². The maximum absolute atomic E-state index is 6.04. The molecule has 0 aliphatic rings. The number of benzene rings is 1. The maximum Gasteiger partial charge on any atom is 0.137 e. The van der Waals surface area contributed by atoms with Crippen molar-refractivity contribution in [2.45, 2.75) is 26.8 Å². The number of nitrogens with two attached hydrogens (primary N) is 1. The molecule has 0 aliphatic heterocycles. The minimum atomic E-state index is -0.0248. The van der Waals surface area contributed by atoms with E-state index < -0.39 is 0 Å². The molecule has 0 radical (unpaired) electrons. The van der Waals surface area contributed by atoms with Crippen LogP contribution in [0, 0.1) is 6.92 Å². The Morgan fingerprint density at radius 2 is 1.89 bits per heavy atom. The third-order valence-corrected chi connectivity index (χ3v) is 3.22. The zero-order chi connectivity index (χ0) is 13.8. The van der Waals surface area contributed by atoms with Gasteiger partial charge in [-0.05, 0) is 39.0 Å². The van der Waals surface area contributed by atoms with Crippen LogP contribution >= 0.6 is 0 Å². The molecule has 0 aliphatic carbocycles. The highest BCUT2D eigenvalue weighted by atomic mass is 15.2. The SMILES string of the molecule is CCN(c1ccc(C)cc1)c1ncccc1[C@H](C)N. The van der Waals surface area contributed by atoms with Crippen molar-refractivity contribution in [2.75, 3.05) is 11.4 Å². The lowest BCUT2D eigenvalue weighted by Gasteiger charge is -2.25.